The van der Waals surface area contributed by atoms with Gasteiger partial charge < -0.3 is 10.1 Å². The van der Waals surface area contributed by atoms with Gasteiger partial charge in [0.1, 0.15) is 6.33 Å². The van der Waals surface area contributed by atoms with Crippen molar-refractivity contribution in [3.05, 3.63) is 30.1 Å². The van der Waals surface area contributed by atoms with Crippen LogP contribution in [-0.2, 0) is 4.74 Å². The Morgan fingerprint density at radius 3 is 3.00 bits per heavy atom. The van der Waals surface area contributed by atoms with Crippen LogP contribution in [0.2, 0.25) is 0 Å². The van der Waals surface area contributed by atoms with Gasteiger partial charge in [-0.3, -0.25) is 0 Å². The van der Waals surface area contributed by atoms with E-state index in [2.05, 4.69) is 46.8 Å². The number of nitrogens with one attached hydrogen (secondary N) is 1. The van der Waals surface area contributed by atoms with Gasteiger partial charge in [-0.1, -0.05) is 0 Å². The Kier molecular flexibility index (Phi) is 3.64. The molecule has 0 amide bonds. The molecule has 1 aliphatic heterocycles. The molecule has 2 atom stereocenters. The van der Waals surface area contributed by atoms with Gasteiger partial charge in [-0.15, -0.1) is 5.10 Å². The summed E-state index contributed by atoms with van der Waals surface area (Å²) in [6.07, 6.45) is 2.74. The molecule has 1 fully saturated rings. The maximum Gasteiger partial charge on any atom is 0.143 e. The van der Waals surface area contributed by atoms with E-state index < -0.39 is 0 Å². The molecular weight excluding hydrogens is 254 g/mol. The van der Waals surface area contributed by atoms with Crippen LogP contribution in [0.25, 0.3) is 5.69 Å². The maximum atomic E-state index is 5.44. The summed E-state index contributed by atoms with van der Waals surface area (Å²) < 4.78 is 7.12. The van der Waals surface area contributed by atoms with Gasteiger partial charge in [0.15, 0.2) is 0 Å². The van der Waals surface area contributed by atoms with Crippen LogP contribution >= 0.6 is 0 Å². The smallest absolute Gasteiger partial charge is 0.143 e. The molecule has 2 aromatic rings. The van der Waals surface area contributed by atoms with Gasteiger partial charge in [-0.25, -0.2) is 4.68 Å². The number of hydrogen-bond acceptors (Lipinski definition) is 5. The molecule has 0 spiro atoms. The molecule has 0 saturated carbocycles. The number of ether oxygens (including phenoxy) is 1. The minimum Gasteiger partial charge on any atom is -0.382 e. The normalized spacial score (nSPS) is 20.0. The minimum absolute atomic E-state index is 0.413. The first-order valence-electron chi connectivity index (χ1n) is 6.92. The van der Waals surface area contributed by atoms with Crippen LogP contribution < -0.4 is 5.32 Å². The first-order chi connectivity index (χ1) is 9.74. The lowest BCUT2D eigenvalue weighted by Gasteiger charge is -2.21. The van der Waals surface area contributed by atoms with Crippen molar-refractivity contribution in [1.29, 1.82) is 0 Å². The Bertz CT molecular complexity index is 563. The number of tetrazole rings is 1. The molecule has 1 N–H and O–H groups in total. The van der Waals surface area contributed by atoms with E-state index in [4.69, 9.17) is 4.74 Å². The lowest BCUT2D eigenvalue weighted by Crippen LogP contribution is -2.26. The number of hydrogen-bond donors (Lipinski definition) is 1. The van der Waals surface area contributed by atoms with E-state index in [9.17, 15) is 0 Å². The fourth-order valence-electron chi connectivity index (χ4n) is 2.60. The van der Waals surface area contributed by atoms with E-state index in [0.717, 1.165) is 36.6 Å². The third-order valence-corrected chi connectivity index (χ3v) is 3.86. The Morgan fingerprint density at radius 2 is 2.35 bits per heavy atom. The van der Waals surface area contributed by atoms with Gasteiger partial charge in [-0.05, 0) is 54.5 Å². The van der Waals surface area contributed by atoms with E-state index in [0.29, 0.717) is 12.0 Å². The Hall–Kier alpha value is -1.95. The number of aryl methyl sites for hydroxylation is 1. The van der Waals surface area contributed by atoms with Crippen molar-refractivity contribution >= 4 is 5.69 Å². The highest BCUT2D eigenvalue weighted by Gasteiger charge is 2.22. The van der Waals surface area contributed by atoms with Crippen LogP contribution in [-0.4, -0.2) is 39.5 Å². The first kappa shape index (κ1) is 13.1. The van der Waals surface area contributed by atoms with Crippen LogP contribution in [0.1, 0.15) is 18.9 Å². The topological polar surface area (TPSA) is 64.9 Å². The molecule has 106 valence electrons. The highest BCUT2D eigenvalue weighted by molar-refractivity contribution is 5.53. The summed E-state index contributed by atoms with van der Waals surface area (Å²) in [5.41, 5.74) is 3.26. The van der Waals surface area contributed by atoms with Crippen LogP contribution in [0.5, 0.6) is 0 Å². The predicted molar refractivity (Wildman–Crippen MR) is 75.9 cm³/mol. The second kappa shape index (κ2) is 5.58. The largest absolute Gasteiger partial charge is 0.382 e. The summed E-state index contributed by atoms with van der Waals surface area (Å²) in [5.74, 6) is 0.592. The van der Waals surface area contributed by atoms with Gasteiger partial charge in [-0.2, -0.15) is 0 Å². The Labute approximate surface area is 118 Å². The van der Waals surface area contributed by atoms with Crippen LogP contribution in [0.15, 0.2) is 24.5 Å². The molecule has 20 heavy (non-hydrogen) atoms. The lowest BCUT2D eigenvalue weighted by molar-refractivity contribution is 0.183. The molecule has 3 rings (SSSR count). The van der Waals surface area contributed by atoms with E-state index >= 15 is 0 Å². The minimum atomic E-state index is 0.413. The van der Waals surface area contributed by atoms with Gasteiger partial charge in [0.2, 0.25) is 0 Å². The van der Waals surface area contributed by atoms with Gasteiger partial charge in [0.25, 0.3) is 0 Å². The third kappa shape index (κ3) is 2.65. The van der Waals surface area contributed by atoms with Crippen molar-refractivity contribution in [2.75, 3.05) is 18.5 Å². The maximum absolute atomic E-state index is 5.44. The molecule has 2 unspecified atom stereocenters. The van der Waals surface area contributed by atoms with Crippen molar-refractivity contribution < 1.29 is 4.74 Å². The van der Waals surface area contributed by atoms with Gasteiger partial charge in [0.05, 0.1) is 12.3 Å². The molecular formula is C14H19N5O. The standard InChI is InChI=1S/C14H19N5O/c1-10-7-13(16-11(2)12-5-6-20-8-12)3-4-14(10)19-9-15-17-18-19/h3-4,7,9,11-12,16H,5-6,8H2,1-2H3. The van der Waals surface area contributed by atoms with Crippen molar-refractivity contribution in [2.45, 2.75) is 26.3 Å². The number of aromatic nitrogens is 4. The summed E-state index contributed by atoms with van der Waals surface area (Å²) in [6, 6.07) is 6.64. The molecule has 0 bridgehead atoms. The summed E-state index contributed by atoms with van der Waals surface area (Å²) in [6.45, 7) is 6.01. The van der Waals surface area contributed by atoms with E-state index in [-0.39, 0.29) is 0 Å². The molecule has 2 heterocycles. The first-order valence-corrected chi connectivity index (χ1v) is 6.92. The molecule has 1 aromatic carbocycles. The van der Waals surface area contributed by atoms with Crippen LogP contribution in [0.4, 0.5) is 5.69 Å². The number of rotatable bonds is 4. The predicted octanol–water partition coefficient (Wildman–Crippen LogP) is 1.81. The highest BCUT2D eigenvalue weighted by Crippen LogP contribution is 2.22. The summed E-state index contributed by atoms with van der Waals surface area (Å²) in [7, 11) is 0. The number of nitrogens with zero attached hydrogens (tertiary/aromatic N) is 4. The second-order valence-electron chi connectivity index (χ2n) is 5.31. The fraction of sp³-hybridized carbons (Fsp3) is 0.500. The number of benzene rings is 1. The zero-order valence-electron chi connectivity index (χ0n) is 11.8. The van der Waals surface area contributed by atoms with Crippen molar-refractivity contribution in [3.8, 4) is 5.69 Å². The molecule has 6 nitrogen and oxygen atoms in total. The van der Waals surface area contributed by atoms with E-state index in [1.165, 1.54) is 0 Å². The molecule has 1 aromatic heterocycles. The molecule has 0 aliphatic carbocycles. The van der Waals surface area contributed by atoms with Crippen molar-refractivity contribution in [1.82, 2.24) is 20.2 Å². The fourth-order valence-corrected chi connectivity index (χ4v) is 2.60. The van der Waals surface area contributed by atoms with Gasteiger partial charge in [0, 0.05) is 24.3 Å². The second-order valence-corrected chi connectivity index (χ2v) is 5.31. The van der Waals surface area contributed by atoms with Crippen LogP contribution in [0, 0.1) is 12.8 Å². The van der Waals surface area contributed by atoms with E-state index in [1.807, 2.05) is 6.07 Å². The average molecular weight is 273 g/mol. The summed E-state index contributed by atoms with van der Waals surface area (Å²) in [5, 5.41) is 14.8. The van der Waals surface area contributed by atoms with E-state index in [1.54, 1.807) is 11.0 Å². The zero-order chi connectivity index (χ0) is 13.9. The van der Waals surface area contributed by atoms with Crippen molar-refractivity contribution in [3.63, 3.8) is 0 Å². The lowest BCUT2D eigenvalue weighted by atomic mass is 10.0. The summed E-state index contributed by atoms with van der Waals surface area (Å²) in [4.78, 5) is 0. The SMILES string of the molecule is Cc1cc(NC(C)C2CCOC2)ccc1-n1cnnn1. The highest BCUT2D eigenvalue weighted by atomic mass is 16.5. The van der Waals surface area contributed by atoms with Gasteiger partial charge >= 0.3 is 0 Å². The zero-order valence-corrected chi connectivity index (χ0v) is 11.8. The Morgan fingerprint density at radius 1 is 1.45 bits per heavy atom. The Balaban J connectivity index is 1.73. The summed E-state index contributed by atoms with van der Waals surface area (Å²) >= 11 is 0. The third-order valence-electron chi connectivity index (χ3n) is 3.86. The number of anilines is 1. The molecule has 6 heteroatoms. The molecule has 1 aliphatic rings. The molecule has 1 saturated heterocycles. The van der Waals surface area contributed by atoms with Crippen molar-refractivity contribution in [2.24, 2.45) is 5.92 Å². The quantitative estimate of drug-likeness (QED) is 0.920. The monoisotopic (exact) mass is 273 g/mol. The van der Waals surface area contributed by atoms with Crippen LogP contribution in [0.3, 0.4) is 0 Å². The average Bonchev–Trinajstić information content (AvgIpc) is 3.12. The molecule has 0 radical (unpaired) electrons.